The van der Waals surface area contributed by atoms with Crippen LogP contribution in [0, 0.1) is 0 Å². The molecule has 0 saturated carbocycles. The zero-order valence-corrected chi connectivity index (χ0v) is 5.38. The Balaban J connectivity index is 2.46. The predicted molar refractivity (Wildman–Crippen MR) is 36.8 cm³/mol. The smallest absolute Gasteiger partial charge is 0.0690 e. The molecule has 0 aliphatic heterocycles. The summed E-state index contributed by atoms with van der Waals surface area (Å²) >= 11 is 0. The average molecular weight is 125 g/mol. The van der Waals surface area contributed by atoms with Gasteiger partial charge < -0.3 is 5.21 Å². The Morgan fingerprint density at radius 1 is 1.56 bits per heavy atom. The zero-order chi connectivity index (χ0) is 6.53. The summed E-state index contributed by atoms with van der Waals surface area (Å²) in [6.45, 7) is 0. The monoisotopic (exact) mass is 125 g/mol. The SMILES string of the molecule is O/N=C\C1=CCCCC1. The number of hydrogen-bond acceptors (Lipinski definition) is 2. The first-order chi connectivity index (χ1) is 4.43. The first-order valence-corrected chi connectivity index (χ1v) is 3.30. The molecular formula is C7H11NO. The lowest BCUT2D eigenvalue weighted by atomic mass is 10.0. The van der Waals surface area contributed by atoms with Crippen LogP contribution in [0.15, 0.2) is 16.8 Å². The molecule has 0 amide bonds. The summed E-state index contributed by atoms with van der Waals surface area (Å²) in [5.41, 5.74) is 1.17. The quantitative estimate of drug-likeness (QED) is 0.324. The molecule has 0 fully saturated rings. The lowest BCUT2D eigenvalue weighted by Gasteiger charge is -2.05. The topological polar surface area (TPSA) is 32.6 Å². The summed E-state index contributed by atoms with van der Waals surface area (Å²) in [5.74, 6) is 0. The molecule has 0 aromatic rings. The molecule has 2 heteroatoms. The Morgan fingerprint density at radius 2 is 2.44 bits per heavy atom. The van der Waals surface area contributed by atoms with E-state index in [4.69, 9.17) is 5.21 Å². The molecule has 0 heterocycles. The summed E-state index contributed by atoms with van der Waals surface area (Å²) in [6, 6.07) is 0. The third-order valence-corrected chi connectivity index (χ3v) is 1.55. The van der Waals surface area contributed by atoms with Gasteiger partial charge in [-0.25, -0.2) is 0 Å². The average Bonchev–Trinajstić information content (AvgIpc) is 1.91. The van der Waals surface area contributed by atoms with E-state index in [9.17, 15) is 0 Å². The molecule has 0 unspecified atom stereocenters. The maximum Gasteiger partial charge on any atom is 0.0690 e. The lowest BCUT2D eigenvalue weighted by Crippen LogP contribution is -1.91. The minimum Gasteiger partial charge on any atom is -0.411 e. The Hall–Kier alpha value is -0.790. The Kier molecular flexibility index (Phi) is 2.31. The number of oxime groups is 1. The molecular weight excluding hydrogens is 114 g/mol. The summed E-state index contributed by atoms with van der Waals surface area (Å²) < 4.78 is 0. The van der Waals surface area contributed by atoms with Gasteiger partial charge in [0.15, 0.2) is 0 Å². The van der Waals surface area contributed by atoms with E-state index in [1.165, 1.54) is 24.6 Å². The number of hydrogen-bond donors (Lipinski definition) is 1. The van der Waals surface area contributed by atoms with Crippen molar-refractivity contribution in [2.24, 2.45) is 5.16 Å². The van der Waals surface area contributed by atoms with Crippen LogP contribution in [0.5, 0.6) is 0 Å². The molecule has 1 N–H and O–H groups in total. The second-order valence-electron chi connectivity index (χ2n) is 2.27. The van der Waals surface area contributed by atoms with Gasteiger partial charge >= 0.3 is 0 Å². The third-order valence-electron chi connectivity index (χ3n) is 1.55. The van der Waals surface area contributed by atoms with E-state index >= 15 is 0 Å². The molecule has 2 nitrogen and oxygen atoms in total. The van der Waals surface area contributed by atoms with Crippen LogP contribution in [0.3, 0.4) is 0 Å². The van der Waals surface area contributed by atoms with Gasteiger partial charge in [0.05, 0.1) is 6.21 Å². The van der Waals surface area contributed by atoms with Gasteiger partial charge in [0.25, 0.3) is 0 Å². The zero-order valence-electron chi connectivity index (χ0n) is 5.38. The Bertz CT molecular complexity index is 138. The van der Waals surface area contributed by atoms with Gasteiger partial charge in [0.1, 0.15) is 0 Å². The number of rotatable bonds is 1. The Morgan fingerprint density at radius 3 is 3.00 bits per heavy atom. The van der Waals surface area contributed by atoms with Crippen LogP contribution in [0.4, 0.5) is 0 Å². The molecule has 9 heavy (non-hydrogen) atoms. The highest BCUT2D eigenvalue weighted by atomic mass is 16.4. The van der Waals surface area contributed by atoms with Gasteiger partial charge in [-0.05, 0) is 31.3 Å². The van der Waals surface area contributed by atoms with Gasteiger partial charge in [-0.1, -0.05) is 11.2 Å². The van der Waals surface area contributed by atoms with Crippen molar-refractivity contribution in [3.63, 3.8) is 0 Å². The van der Waals surface area contributed by atoms with E-state index in [2.05, 4.69) is 11.2 Å². The highest BCUT2D eigenvalue weighted by molar-refractivity contribution is 5.77. The maximum absolute atomic E-state index is 8.15. The van der Waals surface area contributed by atoms with Crippen molar-refractivity contribution in [1.82, 2.24) is 0 Å². The van der Waals surface area contributed by atoms with Gasteiger partial charge in [-0.3, -0.25) is 0 Å². The summed E-state index contributed by atoms with van der Waals surface area (Å²) in [7, 11) is 0. The molecule has 1 aliphatic rings. The van der Waals surface area contributed by atoms with Crippen molar-refractivity contribution in [3.8, 4) is 0 Å². The molecule has 0 atom stereocenters. The van der Waals surface area contributed by atoms with Crippen molar-refractivity contribution in [2.75, 3.05) is 0 Å². The highest BCUT2D eigenvalue weighted by Crippen LogP contribution is 2.14. The van der Waals surface area contributed by atoms with Crippen LogP contribution in [0.1, 0.15) is 25.7 Å². The minimum absolute atomic E-state index is 1.07. The maximum atomic E-state index is 8.15. The van der Waals surface area contributed by atoms with E-state index in [0.29, 0.717) is 0 Å². The lowest BCUT2D eigenvalue weighted by molar-refractivity contribution is 0.321. The van der Waals surface area contributed by atoms with Gasteiger partial charge in [0, 0.05) is 0 Å². The first kappa shape index (κ1) is 6.33. The van der Waals surface area contributed by atoms with Crippen LogP contribution in [0.25, 0.3) is 0 Å². The molecule has 50 valence electrons. The van der Waals surface area contributed by atoms with Crippen molar-refractivity contribution in [3.05, 3.63) is 11.6 Å². The first-order valence-electron chi connectivity index (χ1n) is 3.30. The summed E-state index contributed by atoms with van der Waals surface area (Å²) in [5, 5.41) is 11.1. The van der Waals surface area contributed by atoms with Crippen molar-refractivity contribution < 1.29 is 5.21 Å². The number of allylic oxidation sites excluding steroid dienone is 2. The number of nitrogens with zero attached hydrogens (tertiary/aromatic N) is 1. The van der Waals surface area contributed by atoms with Gasteiger partial charge in [0.2, 0.25) is 0 Å². The molecule has 0 spiro atoms. The second kappa shape index (κ2) is 3.28. The van der Waals surface area contributed by atoms with E-state index in [1.54, 1.807) is 0 Å². The highest BCUT2D eigenvalue weighted by Gasteiger charge is 1.99. The molecule has 1 rings (SSSR count). The standard InChI is InChI=1S/C7H11NO/c9-8-6-7-4-2-1-3-5-7/h4,6,9H,1-3,5H2/b8-6-. The normalized spacial score (nSPS) is 20.2. The fourth-order valence-electron chi connectivity index (χ4n) is 1.05. The van der Waals surface area contributed by atoms with Crippen LogP contribution < -0.4 is 0 Å². The van der Waals surface area contributed by atoms with Crippen LogP contribution >= 0.6 is 0 Å². The third kappa shape index (κ3) is 1.88. The fourth-order valence-corrected chi connectivity index (χ4v) is 1.05. The van der Waals surface area contributed by atoms with Crippen molar-refractivity contribution in [1.29, 1.82) is 0 Å². The molecule has 0 aromatic carbocycles. The molecule has 0 radical (unpaired) electrons. The predicted octanol–water partition coefficient (Wildman–Crippen LogP) is 1.95. The van der Waals surface area contributed by atoms with E-state index in [-0.39, 0.29) is 0 Å². The van der Waals surface area contributed by atoms with Crippen molar-refractivity contribution in [2.45, 2.75) is 25.7 Å². The molecule has 0 saturated heterocycles. The molecule has 0 aromatic heterocycles. The van der Waals surface area contributed by atoms with E-state index < -0.39 is 0 Å². The van der Waals surface area contributed by atoms with Gasteiger partial charge in [-0.15, -0.1) is 0 Å². The van der Waals surface area contributed by atoms with Crippen LogP contribution in [0.2, 0.25) is 0 Å². The minimum atomic E-state index is 1.07. The summed E-state index contributed by atoms with van der Waals surface area (Å²) in [6.07, 6.45) is 8.38. The summed E-state index contributed by atoms with van der Waals surface area (Å²) in [4.78, 5) is 0. The van der Waals surface area contributed by atoms with Crippen molar-refractivity contribution >= 4 is 6.21 Å². The van der Waals surface area contributed by atoms with E-state index in [0.717, 1.165) is 12.8 Å². The van der Waals surface area contributed by atoms with Crippen LogP contribution in [-0.4, -0.2) is 11.4 Å². The Labute approximate surface area is 54.9 Å². The second-order valence-corrected chi connectivity index (χ2v) is 2.27. The molecule has 0 bridgehead atoms. The fraction of sp³-hybridized carbons (Fsp3) is 0.571. The largest absolute Gasteiger partial charge is 0.411 e. The van der Waals surface area contributed by atoms with Crippen LogP contribution in [-0.2, 0) is 0 Å². The van der Waals surface area contributed by atoms with Gasteiger partial charge in [-0.2, -0.15) is 0 Å². The van der Waals surface area contributed by atoms with E-state index in [1.807, 2.05) is 0 Å². The molecule has 1 aliphatic carbocycles.